The zero-order valence-electron chi connectivity index (χ0n) is 10.1. The molecule has 0 heterocycles. The second-order valence-electron chi connectivity index (χ2n) is 1.51. The van der Waals surface area contributed by atoms with Gasteiger partial charge in [0.2, 0.25) is 0 Å². The molecule has 0 rings (SSSR count). The number of carbonyl (C=O) groups is 1. The van der Waals surface area contributed by atoms with Crippen LogP contribution < -0.4 is 29.6 Å². The normalized spacial score (nSPS) is 11.0. The van der Waals surface area contributed by atoms with Gasteiger partial charge in [0.15, 0.2) is 0 Å². The Balaban J connectivity index is -0.0000000270. The predicted octanol–water partition coefficient (Wildman–Crippen LogP) is -3.90. The van der Waals surface area contributed by atoms with E-state index in [1.54, 1.807) is 0 Å². The fourth-order valence-electron chi connectivity index (χ4n) is 0.173. The zero-order chi connectivity index (χ0) is 8.36. The van der Waals surface area contributed by atoms with Gasteiger partial charge in [-0.25, -0.2) is 4.79 Å². The van der Waals surface area contributed by atoms with Gasteiger partial charge in [-0.15, -0.1) is 12.4 Å². The molecule has 0 aliphatic heterocycles. The average Bonchev–Trinajstić information content (AvgIpc) is 1.60. The van der Waals surface area contributed by atoms with Crippen molar-refractivity contribution in [1.29, 1.82) is 0 Å². The summed E-state index contributed by atoms with van der Waals surface area (Å²) in [6, 6.07) is 0. The molecule has 0 aliphatic carbocycles. The van der Waals surface area contributed by atoms with Crippen LogP contribution in [0.15, 0.2) is 0 Å². The second-order valence-corrected chi connectivity index (χ2v) is 2.53. The molecule has 0 amide bonds. The number of aliphatic hydroxyl groups is 1. The molecule has 0 aromatic carbocycles. The fraction of sp³-hybridized carbons (Fsp3) is 0.667. The van der Waals surface area contributed by atoms with Crippen LogP contribution >= 0.6 is 12.4 Å². The summed E-state index contributed by atoms with van der Waals surface area (Å²) in [5.74, 6) is -1.41. The molecule has 0 saturated carbocycles. The van der Waals surface area contributed by atoms with Crippen molar-refractivity contribution in [2.75, 3.05) is 0 Å². The molecular weight excluding hydrogens is 263 g/mol. The minimum atomic E-state index is -4.78. The van der Waals surface area contributed by atoms with Gasteiger partial charge < -0.3 is 13.6 Å². The van der Waals surface area contributed by atoms with E-state index in [1.165, 1.54) is 0 Å². The van der Waals surface area contributed by atoms with E-state index >= 15 is 0 Å². The summed E-state index contributed by atoms with van der Waals surface area (Å²) in [7, 11) is -4.78. The van der Waals surface area contributed by atoms with Crippen LogP contribution in [0.5, 0.6) is 0 Å². The van der Waals surface area contributed by atoms with Crippen LogP contribution in [0.1, 0.15) is 11.2 Å². The summed E-state index contributed by atoms with van der Waals surface area (Å²) in [4.78, 5) is 10.1. The smallest absolute Gasteiger partial charge is 1.00 e. The molecule has 6 nitrogen and oxygen atoms in total. The topological polar surface area (TPSA) is 101 Å². The molecule has 74 valence electrons. The Hall–Kier alpha value is 1.89. The molecule has 1 unspecified atom stereocenters. The van der Waals surface area contributed by atoms with Crippen LogP contribution in [-0.4, -0.2) is 67.9 Å². The Labute approximate surface area is 139 Å². The average molecular weight is 273 g/mol. The van der Waals surface area contributed by atoms with E-state index in [9.17, 15) is 13.2 Å². The summed E-state index contributed by atoms with van der Waals surface area (Å²) >= 11 is 0. The van der Waals surface area contributed by atoms with Gasteiger partial charge in [0.1, 0.15) is 6.10 Å². The maximum absolute atomic E-state index is 10.1. The Bertz CT molecular complexity index is 239. The first-order chi connectivity index (χ1) is 4.33. The molecule has 13 heavy (non-hydrogen) atoms. The molecule has 1 atom stereocenters. The molecule has 0 spiro atoms. The van der Waals surface area contributed by atoms with E-state index in [-0.39, 0.29) is 84.0 Å². The molecule has 0 aliphatic rings. The van der Waals surface area contributed by atoms with Crippen molar-refractivity contribution < 1.29 is 60.9 Å². The van der Waals surface area contributed by atoms with E-state index in [0.717, 1.165) is 6.92 Å². The maximum atomic E-state index is 10.1. The Morgan fingerprint density at radius 1 is 1.54 bits per heavy atom. The minimum Gasteiger partial charge on any atom is -1.00 e. The fourth-order valence-corrected chi connectivity index (χ4v) is 0.520. The summed E-state index contributed by atoms with van der Waals surface area (Å²) in [6.45, 7) is 1.01. The number of hydrogen-bond acceptors (Lipinski definition) is 5. The van der Waals surface area contributed by atoms with Crippen molar-refractivity contribution in [3.05, 3.63) is 0 Å². The van der Waals surface area contributed by atoms with Crippen molar-refractivity contribution >= 4 is 66.5 Å². The third-order valence-corrected chi connectivity index (χ3v) is 0.903. The molecule has 0 aromatic heterocycles. The van der Waals surface area contributed by atoms with Crippen LogP contribution in [0.2, 0.25) is 0 Å². The first kappa shape index (κ1) is 24.2. The number of halogens is 1. The van der Waals surface area contributed by atoms with Crippen molar-refractivity contribution in [1.82, 2.24) is 0 Å². The van der Waals surface area contributed by atoms with Crippen LogP contribution in [-0.2, 0) is 19.4 Å². The van der Waals surface area contributed by atoms with Crippen molar-refractivity contribution in [2.45, 2.75) is 13.0 Å². The van der Waals surface area contributed by atoms with Gasteiger partial charge in [0.25, 0.3) is 0 Å². The monoisotopic (exact) mass is 272 g/mol. The maximum Gasteiger partial charge on any atom is 2.00 e. The first-order valence-corrected chi connectivity index (χ1v) is 3.58. The molecule has 2 N–H and O–H groups in total. The standard InChI is InChI=1S/C3H6O6S.Ca.ClH.Na.3H/c1-2(4)3(5)9-10(6,7)8;;;;;;/h2,4H,1H3,(H,6,7,8);;1H;;;;/q;+2;;+1;3*-1. The van der Waals surface area contributed by atoms with Gasteiger partial charge in [-0.2, -0.15) is 8.42 Å². The summed E-state index contributed by atoms with van der Waals surface area (Å²) < 4.78 is 30.7. The van der Waals surface area contributed by atoms with Gasteiger partial charge in [-0.05, 0) is 6.92 Å². The van der Waals surface area contributed by atoms with Crippen LogP contribution in [0.25, 0.3) is 0 Å². The van der Waals surface area contributed by atoms with Crippen molar-refractivity contribution in [3.63, 3.8) is 0 Å². The molecule has 0 fully saturated rings. The molecule has 0 radical (unpaired) electrons. The quantitative estimate of drug-likeness (QED) is 0.394. The third-order valence-electron chi connectivity index (χ3n) is 0.529. The zero-order valence-corrected chi connectivity index (χ0v) is 13.0. The molecular formula is C3H10CaClNaO6S. The number of aliphatic hydroxyl groups excluding tert-OH is 1. The number of rotatable bonds is 2. The van der Waals surface area contributed by atoms with Crippen LogP contribution in [0.3, 0.4) is 0 Å². The van der Waals surface area contributed by atoms with Gasteiger partial charge in [0, 0.05) is 0 Å². The van der Waals surface area contributed by atoms with E-state index in [4.69, 9.17) is 9.66 Å². The molecule has 0 saturated heterocycles. The van der Waals surface area contributed by atoms with E-state index < -0.39 is 22.5 Å². The Morgan fingerprint density at radius 2 is 1.85 bits per heavy atom. The van der Waals surface area contributed by atoms with Gasteiger partial charge >= 0.3 is 83.7 Å². The molecule has 10 heteroatoms. The Kier molecular flexibility index (Phi) is 19.4. The largest absolute Gasteiger partial charge is 2.00 e. The van der Waals surface area contributed by atoms with E-state index in [1.807, 2.05) is 0 Å². The number of carbonyl (C=O) groups excluding carboxylic acids is 1. The molecule has 0 aromatic rings. The van der Waals surface area contributed by atoms with Crippen molar-refractivity contribution in [2.24, 2.45) is 0 Å². The Morgan fingerprint density at radius 3 is 1.92 bits per heavy atom. The van der Waals surface area contributed by atoms with Crippen LogP contribution in [0, 0.1) is 0 Å². The summed E-state index contributed by atoms with van der Waals surface area (Å²) in [6.07, 6.45) is -1.57. The number of hydrogen-bond donors (Lipinski definition) is 2. The predicted molar refractivity (Wildman–Crippen MR) is 45.7 cm³/mol. The van der Waals surface area contributed by atoms with Crippen molar-refractivity contribution in [3.8, 4) is 0 Å². The van der Waals surface area contributed by atoms with Gasteiger partial charge in [-0.3, -0.25) is 4.55 Å². The first-order valence-electron chi connectivity index (χ1n) is 2.22. The third kappa shape index (κ3) is 16.6. The minimum absolute atomic E-state index is 0. The molecule has 0 bridgehead atoms. The van der Waals surface area contributed by atoms with E-state index in [2.05, 4.69) is 4.18 Å². The van der Waals surface area contributed by atoms with Gasteiger partial charge in [-0.1, -0.05) is 0 Å². The summed E-state index contributed by atoms with van der Waals surface area (Å²) in [5, 5.41) is 8.33. The summed E-state index contributed by atoms with van der Waals surface area (Å²) in [5.41, 5.74) is 0. The second kappa shape index (κ2) is 10.4. The van der Waals surface area contributed by atoms with E-state index in [0.29, 0.717) is 0 Å². The van der Waals surface area contributed by atoms with Crippen LogP contribution in [0.4, 0.5) is 0 Å². The van der Waals surface area contributed by atoms with Gasteiger partial charge in [0.05, 0.1) is 0 Å². The SMILES string of the molecule is CC(O)C(=O)OS(=O)(=O)O.Cl.[Ca+2].[H-].[H-].[H-].[Na+].